The highest BCUT2D eigenvalue weighted by molar-refractivity contribution is 8.22. The minimum Gasteiger partial charge on any atom is -0.440 e. The number of thioether (sulfide) groups is 1. The molecular weight excluding hydrogens is 362 g/mol. The Hall–Kier alpha value is -1.44. The summed E-state index contributed by atoms with van der Waals surface area (Å²) in [5, 5.41) is 0. The number of benzene rings is 2. The number of ether oxygens (including phenoxy) is 1. The highest BCUT2D eigenvalue weighted by Crippen LogP contribution is 2.37. The van der Waals surface area contributed by atoms with Crippen LogP contribution in [0.3, 0.4) is 0 Å². The molecule has 0 heterocycles. The zero-order valence-electron chi connectivity index (χ0n) is 11.6. The fourth-order valence-electron chi connectivity index (χ4n) is 1.55. The first-order chi connectivity index (χ1) is 10.8. The second-order valence-corrected chi connectivity index (χ2v) is 7.06. The van der Waals surface area contributed by atoms with Crippen LogP contribution in [0.25, 0.3) is 0 Å². The van der Waals surface area contributed by atoms with Crippen LogP contribution in [0.1, 0.15) is 5.56 Å². The number of rotatable bonds is 5. The van der Waals surface area contributed by atoms with E-state index in [-0.39, 0.29) is 15.9 Å². The Morgan fingerprint density at radius 3 is 2.22 bits per heavy atom. The summed E-state index contributed by atoms with van der Waals surface area (Å²) in [6.07, 6.45) is 0. The van der Waals surface area contributed by atoms with Crippen LogP contribution < -0.4 is 9.26 Å². The molecule has 0 aliphatic rings. The lowest BCUT2D eigenvalue weighted by molar-refractivity contribution is 0.283. The van der Waals surface area contributed by atoms with Crippen molar-refractivity contribution in [2.75, 3.05) is 0 Å². The predicted octanol–water partition coefficient (Wildman–Crippen LogP) is 3.89. The quantitative estimate of drug-likeness (QED) is 0.607. The number of hydrogen-bond donors (Lipinski definition) is 2. The maximum Gasteiger partial charge on any atom is 0.524 e. The van der Waals surface area contributed by atoms with Crippen LogP contribution in [-0.4, -0.2) is 14.2 Å². The standard InChI is InChI=1S/C14H12FO5PS2/c15-11-3-7-12(8-4-11)19-14(22)23-9-10-1-5-13(6-2-10)20-21(16,17)18/h1-8H,9H2,(H2,16,17,18). The molecule has 0 saturated carbocycles. The number of phosphoric acid groups is 1. The molecule has 0 aliphatic carbocycles. The maximum atomic E-state index is 12.8. The number of hydrogen-bond acceptors (Lipinski definition) is 5. The van der Waals surface area contributed by atoms with Crippen molar-refractivity contribution < 1.29 is 28.0 Å². The van der Waals surface area contributed by atoms with Crippen LogP contribution in [0.5, 0.6) is 11.5 Å². The van der Waals surface area contributed by atoms with E-state index in [1.54, 1.807) is 12.1 Å². The van der Waals surface area contributed by atoms with Gasteiger partial charge in [-0.05, 0) is 54.2 Å². The van der Waals surface area contributed by atoms with E-state index in [2.05, 4.69) is 4.52 Å². The first-order valence-electron chi connectivity index (χ1n) is 6.26. The van der Waals surface area contributed by atoms with Crippen molar-refractivity contribution in [2.24, 2.45) is 0 Å². The number of thiocarbonyl (C=S) groups is 1. The number of halogens is 1. The average molecular weight is 374 g/mol. The molecule has 2 rings (SSSR count). The molecule has 122 valence electrons. The Kier molecular flexibility index (Phi) is 6.15. The van der Waals surface area contributed by atoms with Crippen molar-refractivity contribution in [3.63, 3.8) is 0 Å². The second kappa shape index (κ2) is 7.90. The molecule has 5 nitrogen and oxygen atoms in total. The summed E-state index contributed by atoms with van der Waals surface area (Å²) in [6, 6.07) is 11.8. The van der Waals surface area contributed by atoms with Crippen LogP contribution in [0, 0.1) is 5.82 Å². The summed E-state index contributed by atoms with van der Waals surface area (Å²) in [7, 11) is -4.55. The maximum absolute atomic E-state index is 12.8. The van der Waals surface area contributed by atoms with Gasteiger partial charge in [0.2, 0.25) is 4.38 Å². The number of phosphoric ester groups is 1. The average Bonchev–Trinajstić information content (AvgIpc) is 2.47. The van der Waals surface area contributed by atoms with Gasteiger partial charge in [0.05, 0.1) is 0 Å². The Morgan fingerprint density at radius 1 is 1.09 bits per heavy atom. The molecule has 0 saturated heterocycles. The minimum absolute atomic E-state index is 0.0808. The van der Waals surface area contributed by atoms with Crippen molar-refractivity contribution in [3.8, 4) is 11.5 Å². The Bertz CT molecular complexity index is 715. The summed E-state index contributed by atoms with van der Waals surface area (Å²) < 4.78 is 33.6. The normalized spacial score (nSPS) is 11.1. The summed E-state index contributed by atoms with van der Waals surface area (Å²) in [5.74, 6) is 0.691. The lowest BCUT2D eigenvalue weighted by Gasteiger charge is -2.08. The summed E-state index contributed by atoms with van der Waals surface area (Å²) in [4.78, 5) is 17.4. The van der Waals surface area contributed by atoms with Crippen molar-refractivity contribution >= 4 is 36.2 Å². The highest BCUT2D eigenvalue weighted by Gasteiger charge is 2.15. The molecule has 0 radical (unpaired) electrons. The summed E-state index contributed by atoms with van der Waals surface area (Å²) in [6.45, 7) is 0. The fourth-order valence-corrected chi connectivity index (χ4v) is 2.86. The van der Waals surface area contributed by atoms with Crippen LogP contribution in [-0.2, 0) is 10.3 Å². The zero-order chi connectivity index (χ0) is 16.9. The van der Waals surface area contributed by atoms with Gasteiger partial charge in [-0.1, -0.05) is 23.9 Å². The monoisotopic (exact) mass is 374 g/mol. The lowest BCUT2D eigenvalue weighted by Crippen LogP contribution is -2.00. The molecule has 2 N–H and O–H groups in total. The molecular formula is C14H12FO5PS2. The molecule has 0 aromatic heterocycles. The van der Waals surface area contributed by atoms with Gasteiger partial charge in [-0.25, -0.2) is 8.96 Å². The lowest BCUT2D eigenvalue weighted by atomic mass is 10.2. The van der Waals surface area contributed by atoms with Crippen molar-refractivity contribution in [1.29, 1.82) is 0 Å². The summed E-state index contributed by atoms with van der Waals surface area (Å²) in [5.41, 5.74) is 0.873. The molecule has 0 aliphatic heterocycles. The highest BCUT2D eigenvalue weighted by atomic mass is 32.2. The van der Waals surface area contributed by atoms with Crippen LogP contribution >= 0.6 is 31.8 Å². The van der Waals surface area contributed by atoms with Crippen LogP contribution in [0.15, 0.2) is 48.5 Å². The van der Waals surface area contributed by atoms with Gasteiger partial charge in [-0.2, -0.15) is 0 Å². The Balaban J connectivity index is 1.84. The molecule has 0 spiro atoms. The molecule has 0 atom stereocenters. The van der Waals surface area contributed by atoms with E-state index < -0.39 is 7.82 Å². The Morgan fingerprint density at radius 2 is 1.65 bits per heavy atom. The van der Waals surface area contributed by atoms with Gasteiger partial charge < -0.3 is 9.26 Å². The molecule has 0 unspecified atom stereocenters. The van der Waals surface area contributed by atoms with E-state index >= 15 is 0 Å². The molecule has 9 heteroatoms. The third-order valence-electron chi connectivity index (χ3n) is 2.52. The minimum atomic E-state index is -4.55. The van der Waals surface area contributed by atoms with E-state index in [1.807, 2.05) is 0 Å². The fraction of sp³-hybridized carbons (Fsp3) is 0.0714. The molecule has 0 bridgehead atoms. The van der Waals surface area contributed by atoms with E-state index in [9.17, 15) is 8.96 Å². The van der Waals surface area contributed by atoms with Crippen molar-refractivity contribution in [1.82, 2.24) is 0 Å². The zero-order valence-corrected chi connectivity index (χ0v) is 14.1. The van der Waals surface area contributed by atoms with Crippen molar-refractivity contribution in [2.45, 2.75) is 5.75 Å². The first-order valence-corrected chi connectivity index (χ1v) is 9.18. The van der Waals surface area contributed by atoms with E-state index in [1.165, 1.54) is 48.2 Å². The molecule has 2 aromatic rings. The van der Waals surface area contributed by atoms with Gasteiger partial charge in [-0.15, -0.1) is 0 Å². The Labute approximate surface area is 141 Å². The SMILES string of the molecule is O=P(O)(O)Oc1ccc(CSC(=S)Oc2ccc(F)cc2)cc1. The molecule has 23 heavy (non-hydrogen) atoms. The largest absolute Gasteiger partial charge is 0.524 e. The first kappa shape index (κ1) is 17.9. The predicted molar refractivity (Wildman–Crippen MR) is 90.0 cm³/mol. The van der Waals surface area contributed by atoms with E-state index in [4.69, 9.17) is 26.7 Å². The van der Waals surface area contributed by atoms with Gasteiger partial charge >= 0.3 is 7.82 Å². The third-order valence-corrected chi connectivity index (χ3v) is 4.20. The van der Waals surface area contributed by atoms with Crippen molar-refractivity contribution in [3.05, 3.63) is 59.9 Å². The van der Waals surface area contributed by atoms with Gasteiger partial charge in [-0.3, -0.25) is 9.79 Å². The molecule has 0 fully saturated rings. The topological polar surface area (TPSA) is 76.0 Å². The second-order valence-electron chi connectivity index (χ2n) is 4.32. The van der Waals surface area contributed by atoms with E-state index in [0.29, 0.717) is 11.5 Å². The van der Waals surface area contributed by atoms with Crippen LogP contribution in [0.4, 0.5) is 4.39 Å². The molecule has 2 aromatic carbocycles. The smallest absolute Gasteiger partial charge is 0.440 e. The van der Waals surface area contributed by atoms with E-state index in [0.717, 1.165) is 5.56 Å². The van der Waals surface area contributed by atoms with Gasteiger partial charge in [0.15, 0.2) is 0 Å². The third kappa shape index (κ3) is 6.68. The summed E-state index contributed by atoms with van der Waals surface area (Å²) >= 11 is 6.35. The van der Waals surface area contributed by atoms with Gasteiger partial charge in [0.1, 0.15) is 17.3 Å². The molecule has 0 amide bonds. The van der Waals surface area contributed by atoms with Gasteiger partial charge in [0.25, 0.3) is 0 Å². The van der Waals surface area contributed by atoms with Crippen LogP contribution in [0.2, 0.25) is 0 Å². The van der Waals surface area contributed by atoms with Gasteiger partial charge in [0, 0.05) is 5.75 Å².